The van der Waals surface area contributed by atoms with E-state index in [1.807, 2.05) is 0 Å². The molecule has 2 aromatic rings. The maximum absolute atomic E-state index is 12.0. The van der Waals surface area contributed by atoms with Gasteiger partial charge in [0.2, 0.25) is 0 Å². The minimum atomic E-state index is -0.997. The lowest BCUT2D eigenvalue weighted by Gasteiger charge is -2.12. The molecule has 0 aromatic heterocycles. The number of benzene rings is 2. The van der Waals surface area contributed by atoms with Crippen LogP contribution in [0, 0.1) is 0 Å². The highest BCUT2D eigenvalue weighted by Crippen LogP contribution is 2.26. The molecule has 0 fully saturated rings. The van der Waals surface area contributed by atoms with Crippen LogP contribution in [-0.2, 0) is 9.47 Å². The van der Waals surface area contributed by atoms with Gasteiger partial charge in [-0.2, -0.15) is 0 Å². The zero-order valence-corrected chi connectivity index (χ0v) is 13.3. The van der Waals surface area contributed by atoms with Gasteiger partial charge in [-0.3, -0.25) is 0 Å². The maximum Gasteiger partial charge on any atom is 0.519 e. The van der Waals surface area contributed by atoms with Gasteiger partial charge in [-0.1, -0.05) is 30.8 Å². The Bertz CT molecular complexity index is 702. The summed E-state index contributed by atoms with van der Waals surface area (Å²) < 4.78 is 20.0. The molecule has 6 heteroatoms. The highest BCUT2D eigenvalue weighted by molar-refractivity contribution is 5.93. The first kappa shape index (κ1) is 17.1. The van der Waals surface area contributed by atoms with Crippen LogP contribution >= 0.6 is 0 Å². The Labute approximate surface area is 139 Å². The minimum absolute atomic E-state index is 0.0393. The third-order valence-electron chi connectivity index (χ3n) is 3.11. The van der Waals surface area contributed by atoms with Crippen molar-refractivity contribution in [3.63, 3.8) is 0 Å². The number of hydrogen-bond acceptors (Lipinski definition) is 6. The summed E-state index contributed by atoms with van der Waals surface area (Å²) >= 11 is 0. The fourth-order valence-corrected chi connectivity index (χ4v) is 1.93. The average Bonchev–Trinajstić information content (AvgIpc) is 2.61. The van der Waals surface area contributed by atoms with E-state index >= 15 is 0 Å². The van der Waals surface area contributed by atoms with Gasteiger partial charge >= 0.3 is 12.1 Å². The first-order chi connectivity index (χ1) is 11.6. The van der Waals surface area contributed by atoms with Gasteiger partial charge in [-0.25, -0.2) is 9.59 Å². The number of esters is 1. The van der Waals surface area contributed by atoms with Crippen molar-refractivity contribution in [2.75, 3.05) is 14.2 Å². The molecule has 0 aliphatic rings. The Hall–Kier alpha value is -3.28. The fraction of sp³-hybridized carbons (Fsp3) is 0.111. The molecule has 0 heterocycles. The number of hydrogen-bond donors (Lipinski definition) is 0. The highest BCUT2D eigenvalue weighted by Gasteiger charge is 2.18. The fourth-order valence-electron chi connectivity index (χ4n) is 1.93. The van der Waals surface area contributed by atoms with E-state index < -0.39 is 12.1 Å². The molecule has 0 unspecified atom stereocenters. The summed E-state index contributed by atoms with van der Waals surface area (Å²) in [4.78, 5) is 23.7. The SMILES string of the molecule is C=C(OC)c1ccccc1OC(=O)Oc1ccccc1C(=O)OC. The molecule has 124 valence electrons. The summed E-state index contributed by atoms with van der Waals surface area (Å²) in [5.41, 5.74) is 0.629. The van der Waals surface area contributed by atoms with Crippen LogP contribution in [0.2, 0.25) is 0 Å². The molecule has 0 aliphatic carbocycles. The topological polar surface area (TPSA) is 71.1 Å². The quantitative estimate of drug-likeness (QED) is 0.474. The Kier molecular flexibility index (Phi) is 5.57. The molecular formula is C18H16O6. The number of rotatable bonds is 5. The number of methoxy groups -OCH3 is 2. The van der Waals surface area contributed by atoms with Crippen molar-refractivity contribution in [1.29, 1.82) is 0 Å². The van der Waals surface area contributed by atoms with Gasteiger partial charge in [0.15, 0.2) is 0 Å². The van der Waals surface area contributed by atoms with E-state index in [-0.39, 0.29) is 17.1 Å². The van der Waals surface area contributed by atoms with Gasteiger partial charge in [0.05, 0.1) is 19.8 Å². The van der Waals surface area contributed by atoms with E-state index in [4.69, 9.17) is 14.2 Å². The lowest BCUT2D eigenvalue weighted by Crippen LogP contribution is -2.16. The van der Waals surface area contributed by atoms with Gasteiger partial charge < -0.3 is 18.9 Å². The Morgan fingerprint density at radius 2 is 1.29 bits per heavy atom. The Morgan fingerprint density at radius 1 is 0.792 bits per heavy atom. The van der Waals surface area contributed by atoms with E-state index in [0.717, 1.165) is 0 Å². The molecule has 2 rings (SSSR count). The molecule has 24 heavy (non-hydrogen) atoms. The third-order valence-corrected chi connectivity index (χ3v) is 3.11. The van der Waals surface area contributed by atoms with E-state index in [2.05, 4.69) is 11.3 Å². The first-order valence-electron chi connectivity index (χ1n) is 6.96. The van der Waals surface area contributed by atoms with Crippen molar-refractivity contribution in [1.82, 2.24) is 0 Å². The largest absolute Gasteiger partial charge is 0.519 e. The van der Waals surface area contributed by atoms with Crippen LogP contribution in [0.25, 0.3) is 5.76 Å². The molecule has 0 atom stereocenters. The summed E-state index contributed by atoms with van der Waals surface area (Å²) in [6.07, 6.45) is -0.997. The second-order valence-electron chi connectivity index (χ2n) is 4.57. The monoisotopic (exact) mass is 328 g/mol. The van der Waals surface area contributed by atoms with Crippen LogP contribution in [0.3, 0.4) is 0 Å². The minimum Gasteiger partial charge on any atom is -0.497 e. The molecule has 2 aromatic carbocycles. The van der Waals surface area contributed by atoms with Crippen LogP contribution in [-0.4, -0.2) is 26.3 Å². The van der Waals surface area contributed by atoms with Gasteiger partial charge in [0, 0.05) is 0 Å². The average molecular weight is 328 g/mol. The molecule has 0 saturated carbocycles. The van der Waals surface area contributed by atoms with E-state index in [1.165, 1.54) is 26.4 Å². The van der Waals surface area contributed by atoms with Crippen molar-refractivity contribution in [2.24, 2.45) is 0 Å². The van der Waals surface area contributed by atoms with E-state index in [0.29, 0.717) is 11.3 Å². The smallest absolute Gasteiger partial charge is 0.497 e. The summed E-state index contributed by atoms with van der Waals surface area (Å²) in [5.74, 6) is -0.0118. The van der Waals surface area contributed by atoms with Crippen LogP contribution in [0.5, 0.6) is 11.5 Å². The Morgan fingerprint density at radius 3 is 1.83 bits per heavy atom. The van der Waals surface area contributed by atoms with Crippen molar-refractivity contribution in [2.45, 2.75) is 0 Å². The second-order valence-corrected chi connectivity index (χ2v) is 4.57. The van der Waals surface area contributed by atoms with Gasteiger partial charge in [-0.15, -0.1) is 0 Å². The van der Waals surface area contributed by atoms with Crippen LogP contribution in [0.1, 0.15) is 15.9 Å². The van der Waals surface area contributed by atoms with Crippen molar-refractivity contribution in [3.05, 3.63) is 66.2 Å². The summed E-state index contributed by atoms with van der Waals surface area (Å²) in [6.45, 7) is 3.73. The summed E-state index contributed by atoms with van der Waals surface area (Å²) in [5, 5.41) is 0. The van der Waals surface area contributed by atoms with Crippen LogP contribution < -0.4 is 9.47 Å². The van der Waals surface area contributed by atoms with Crippen LogP contribution in [0.4, 0.5) is 4.79 Å². The van der Waals surface area contributed by atoms with Crippen molar-refractivity contribution < 1.29 is 28.5 Å². The van der Waals surface area contributed by atoms with E-state index in [9.17, 15) is 9.59 Å². The van der Waals surface area contributed by atoms with E-state index in [1.54, 1.807) is 36.4 Å². The molecule has 0 amide bonds. The zero-order valence-electron chi connectivity index (χ0n) is 13.3. The van der Waals surface area contributed by atoms with Crippen LogP contribution in [0.15, 0.2) is 55.1 Å². The molecule has 0 bridgehead atoms. The lowest BCUT2D eigenvalue weighted by molar-refractivity contribution is 0.0597. The maximum atomic E-state index is 12.0. The molecule has 0 spiro atoms. The Balaban J connectivity index is 2.19. The second kappa shape index (κ2) is 7.82. The zero-order chi connectivity index (χ0) is 17.5. The molecule has 0 aliphatic heterocycles. The number of para-hydroxylation sites is 2. The third kappa shape index (κ3) is 3.92. The highest BCUT2D eigenvalue weighted by atomic mass is 16.7. The predicted molar refractivity (Wildman–Crippen MR) is 86.9 cm³/mol. The number of carbonyl (C=O) groups is 2. The number of ether oxygens (including phenoxy) is 4. The summed E-state index contributed by atoms with van der Waals surface area (Å²) in [6, 6.07) is 12.9. The molecule has 6 nitrogen and oxygen atoms in total. The van der Waals surface area contributed by atoms with Crippen molar-refractivity contribution >= 4 is 17.9 Å². The van der Waals surface area contributed by atoms with Gasteiger partial charge in [0.1, 0.15) is 22.8 Å². The molecule has 0 radical (unpaired) electrons. The van der Waals surface area contributed by atoms with Gasteiger partial charge in [-0.05, 0) is 24.3 Å². The normalized spacial score (nSPS) is 9.75. The van der Waals surface area contributed by atoms with Gasteiger partial charge in [0.25, 0.3) is 0 Å². The lowest BCUT2D eigenvalue weighted by atomic mass is 10.2. The standard InChI is InChI=1S/C18H16O6/c1-12(21-2)13-8-4-6-10-15(13)23-18(20)24-16-11-7-5-9-14(16)17(19)22-3/h4-11H,1H2,2-3H3. The predicted octanol–water partition coefficient (Wildman–Crippen LogP) is 3.67. The number of carbonyl (C=O) groups excluding carboxylic acids is 2. The first-order valence-corrected chi connectivity index (χ1v) is 6.96. The van der Waals surface area contributed by atoms with Crippen molar-refractivity contribution in [3.8, 4) is 11.5 Å². The molecule has 0 saturated heterocycles. The molecule has 0 N–H and O–H groups in total. The summed E-state index contributed by atoms with van der Waals surface area (Å²) in [7, 11) is 2.70. The molecular weight excluding hydrogens is 312 g/mol.